The lowest BCUT2D eigenvalue weighted by Gasteiger charge is -2.13. The fourth-order valence-corrected chi connectivity index (χ4v) is 3.67. The minimum Gasteiger partial charge on any atom is -0.314 e. The summed E-state index contributed by atoms with van der Waals surface area (Å²) in [6.07, 6.45) is 0. The Bertz CT molecular complexity index is 977. The summed E-state index contributed by atoms with van der Waals surface area (Å²) in [7, 11) is -2.06. The molecule has 1 N–H and O–H groups in total. The molecule has 0 radical (unpaired) electrons. The van der Waals surface area contributed by atoms with Crippen LogP contribution in [0.4, 0.5) is 0 Å². The third-order valence-electron chi connectivity index (χ3n) is 3.87. The average Bonchev–Trinajstić information content (AvgIpc) is 2.97. The predicted molar refractivity (Wildman–Crippen MR) is 99.9 cm³/mol. The van der Waals surface area contributed by atoms with Crippen LogP contribution in [0.3, 0.4) is 0 Å². The number of aryl methyl sites for hydroxylation is 1. The van der Waals surface area contributed by atoms with Gasteiger partial charge in [0.25, 0.3) is 0 Å². The minimum atomic E-state index is -3.48. The summed E-state index contributed by atoms with van der Waals surface area (Å²) < 4.78 is 29.6. The normalized spacial score (nSPS) is 11.6. The number of rotatable bonds is 4. The molecule has 0 spiro atoms. The van der Waals surface area contributed by atoms with Crippen molar-refractivity contribution in [3.05, 3.63) is 70.8 Å². The number of sulfonamides is 1. The van der Waals surface area contributed by atoms with Crippen LogP contribution < -0.4 is 4.72 Å². The molecule has 0 aliphatic carbocycles. The third-order valence-corrected chi connectivity index (χ3v) is 5.81. The molecule has 0 saturated heterocycles. The molecule has 0 saturated carbocycles. The average molecular weight is 405 g/mol. The first-order valence-electron chi connectivity index (χ1n) is 7.40. The summed E-state index contributed by atoms with van der Waals surface area (Å²) in [5.41, 5.74) is 3.92. The van der Waals surface area contributed by atoms with Gasteiger partial charge in [-0.1, -0.05) is 34.1 Å². The van der Waals surface area contributed by atoms with Gasteiger partial charge in [0.15, 0.2) is 0 Å². The van der Waals surface area contributed by atoms with Crippen molar-refractivity contribution in [2.24, 2.45) is 0 Å². The zero-order valence-corrected chi connectivity index (χ0v) is 15.7. The fraction of sp³-hybridized carbons (Fsp3) is 0.111. The molecule has 4 nitrogen and oxygen atoms in total. The van der Waals surface area contributed by atoms with Gasteiger partial charge in [-0.3, -0.25) is 0 Å². The molecule has 0 amide bonds. The lowest BCUT2D eigenvalue weighted by Crippen LogP contribution is -2.18. The number of nitrogens with one attached hydrogen (secondary N) is 1. The van der Waals surface area contributed by atoms with Gasteiger partial charge in [0.1, 0.15) is 0 Å². The van der Waals surface area contributed by atoms with Gasteiger partial charge >= 0.3 is 0 Å². The second kappa shape index (κ2) is 6.55. The van der Waals surface area contributed by atoms with Crippen molar-refractivity contribution >= 4 is 26.0 Å². The van der Waals surface area contributed by atoms with E-state index in [4.69, 9.17) is 0 Å². The maximum atomic E-state index is 12.1. The topological polar surface area (TPSA) is 51.1 Å². The molecule has 124 valence electrons. The van der Waals surface area contributed by atoms with Crippen LogP contribution in [0.15, 0.2) is 70.0 Å². The van der Waals surface area contributed by atoms with Gasteiger partial charge in [0.2, 0.25) is 10.0 Å². The highest BCUT2D eigenvalue weighted by Crippen LogP contribution is 2.28. The molecule has 1 heterocycles. The molecule has 0 aliphatic rings. The van der Waals surface area contributed by atoms with E-state index in [-0.39, 0.29) is 4.90 Å². The first kappa shape index (κ1) is 17.0. The van der Waals surface area contributed by atoms with Crippen molar-refractivity contribution in [2.75, 3.05) is 7.05 Å². The standard InChI is InChI=1S/C18H17BrN2O2S/c1-13-6-11-18(14-7-9-15(19)10-8-14)21(13)16-4-3-5-17(12-16)24(22,23)20-2/h3-12,20H,1-2H3. The van der Waals surface area contributed by atoms with Crippen LogP contribution in [-0.2, 0) is 10.0 Å². The Morgan fingerprint density at radius 2 is 1.71 bits per heavy atom. The molecular weight excluding hydrogens is 388 g/mol. The SMILES string of the molecule is CNS(=O)(=O)c1cccc(-n2c(C)ccc2-c2ccc(Br)cc2)c1. The molecule has 6 heteroatoms. The highest BCUT2D eigenvalue weighted by atomic mass is 79.9. The van der Waals surface area contributed by atoms with Crippen LogP contribution >= 0.6 is 15.9 Å². The predicted octanol–water partition coefficient (Wildman–Crippen LogP) is 4.12. The van der Waals surface area contributed by atoms with Crippen LogP contribution in [0.1, 0.15) is 5.69 Å². The van der Waals surface area contributed by atoms with Crippen LogP contribution in [0.2, 0.25) is 0 Å². The summed E-state index contributed by atoms with van der Waals surface area (Å²) in [4.78, 5) is 0.248. The quantitative estimate of drug-likeness (QED) is 0.710. The van der Waals surface area contributed by atoms with E-state index in [2.05, 4.69) is 25.2 Å². The molecule has 24 heavy (non-hydrogen) atoms. The van der Waals surface area contributed by atoms with Crippen LogP contribution in [0.5, 0.6) is 0 Å². The smallest absolute Gasteiger partial charge is 0.240 e. The molecule has 0 bridgehead atoms. The van der Waals surface area contributed by atoms with Crippen molar-refractivity contribution < 1.29 is 8.42 Å². The minimum absolute atomic E-state index is 0.248. The Morgan fingerprint density at radius 1 is 1.00 bits per heavy atom. The van der Waals surface area contributed by atoms with Crippen molar-refractivity contribution in [2.45, 2.75) is 11.8 Å². The molecule has 3 rings (SSSR count). The number of nitrogens with zero attached hydrogens (tertiary/aromatic N) is 1. The van der Waals surface area contributed by atoms with Gasteiger partial charge in [0, 0.05) is 15.9 Å². The highest BCUT2D eigenvalue weighted by Gasteiger charge is 2.14. The number of halogens is 1. The Kier molecular flexibility index (Phi) is 4.62. The second-order valence-corrected chi connectivity index (χ2v) is 8.21. The zero-order valence-electron chi connectivity index (χ0n) is 13.3. The summed E-state index contributed by atoms with van der Waals surface area (Å²) in [5, 5.41) is 0. The number of aromatic nitrogens is 1. The van der Waals surface area contributed by atoms with E-state index in [0.717, 1.165) is 27.1 Å². The lowest BCUT2D eigenvalue weighted by molar-refractivity contribution is 0.588. The molecule has 0 unspecified atom stereocenters. The van der Waals surface area contributed by atoms with Crippen molar-refractivity contribution in [1.29, 1.82) is 0 Å². The van der Waals surface area contributed by atoms with Gasteiger partial charge in [-0.25, -0.2) is 13.1 Å². The van der Waals surface area contributed by atoms with E-state index in [1.807, 2.05) is 49.4 Å². The Morgan fingerprint density at radius 3 is 2.38 bits per heavy atom. The van der Waals surface area contributed by atoms with Gasteiger partial charge in [-0.05, 0) is 62.0 Å². The van der Waals surface area contributed by atoms with Gasteiger partial charge in [-0.15, -0.1) is 0 Å². The maximum Gasteiger partial charge on any atom is 0.240 e. The Labute approximate surface area is 150 Å². The Hall–Kier alpha value is -1.89. The van der Waals surface area contributed by atoms with Crippen molar-refractivity contribution in [3.8, 4) is 16.9 Å². The second-order valence-electron chi connectivity index (χ2n) is 5.41. The molecular formula is C18H17BrN2O2S. The lowest BCUT2D eigenvalue weighted by atomic mass is 10.1. The molecule has 0 aliphatic heterocycles. The van der Waals surface area contributed by atoms with Crippen LogP contribution in [-0.4, -0.2) is 20.0 Å². The van der Waals surface area contributed by atoms with Gasteiger partial charge in [0.05, 0.1) is 10.6 Å². The van der Waals surface area contributed by atoms with Crippen molar-refractivity contribution in [1.82, 2.24) is 9.29 Å². The summed E-state index contributed by atoms with van der Waals surface area (Å²) in [6.45, 7) is 2.00. The molecule has 3 aromatic rings. The summed E-state index contributed by atoms with van der Waals surface area (Å²) in [5.74, 6) is 0. The molecule has 2 aromatic carbocycles. The first-order chi connectivity index (χ1) is 11.4. The van der Waals surface area contributed by atoms with E-state index in [9.17, 15) is 8.42 Å². The van der Waals surface area contributed by atoms with E-state index >= 15 is 0 Å². The Balaban J connectivity index is 2.16. The number of benzene rings is 2. The number of hydrogen-bond acceptors (Lipinski definition) is 2. The van der Waals surface area contributed by atoms with E-state index in [1.165, 1.54) is 7.05 Å². The molecule has 1 aromatic heterocycles. The van der Waals surface area contributed by atoms with E-state index < -0.39 is 10.0 Å². The van der Waals surface area contributed by atoms with E-state index in [0.29, 0.717) is 0 Å². The maximum absolute atomic E-state index is 12.1. The largest absolute Gasteiger partial charge is 0.314 e. The highest BCUT2D eigenvalue weighted by molar-refractivity contribution is 9.10. The van der Waals surface area contributed by atoms with Crippen LogP contribution in [0.25, 0.3) is 16.9 Å². The fourth-order valence-electron chi connectivity index (χ4n) is 2.63. The monoisotopic (exact) mass is 404 g/mol. The first-order valence-corrected chi connectivity index (χ1v) is 9.68. The summed E-state index contributed by atoms with van der Waals surface area (Å²) in [6, 6.07) is 19.0. The van der Waals surface area contributed by atoms with Crippen molar-refractivity contribution in [3.63, 3.8) is 0 Å². The number of hydrogen-bond donors (Lipinski definition) is 1. The van der Waals surface area contributed by atoms with Gasteiger partial charge in [-0.2, -0.15) is 0 Å². The molecule has 0 fully saturated rings. The summed E-state index contributed by atoms with van der Waals surface area (Å²) >= 11 is 3.45. The van der Waals surface area contributed by atoms with Gasteiger partial charge < -0.3 is 4.57 Å². The zero-order chi connectivity index (χ0) is 17.3. The third kappa shape index (κ3) is 3.17. The van der Waals surface area contributed by atoms with Crippen LogP contribution in [0, 0.1) is 6.92 Å². The molecule has 0 atom stereocenters. The van der Waals surface area contributed by atoms with E-state index in [1.54, 1.807) is 18.2 Å².